The number of carbonyl (C=O) groups is 1. The summed E-state index contributed by atoms with van der Waals surface area (Å²) in [4.78, 5) is 16.0. The number of carbonyl (C=O) groups excluding carboxylic acids is 1. The highest BCUT2D eigenvalue weighted by Crippen LogP contribution is 2.07. The van der Waals surface area contributed by atoms with Crippen molar-refractivity contribution in [3.8, 4) is 6.07 Å². The number of nitrogens with zero attached hydrogens (tertiary/aromatic N) is 4. The number of benzene rings is 1. The fourth-order valence-corrected chi connectivity index (χ4v) is 2.35. The van der Waals surface area contributed by atoms with Crippen molar-refractivity contribution in [3.63, 3.8) is 0 Å². The Morgan fingerprint density at radius 2 is 1.92 bits per heavy atom. The summed E-state index contributed by atoms with van der Waals surface area (Å²) in [5, 5.41) is 15.8. The van der Waals surface area contributed by atoms with E-state index in [1.165, 1.54) is 11.6 Å². The number of aromatic nitrogens is 3. The van der Waals surface area contributed by atoms with Crippen LogP contribution in [0.3, 0.4) is 0 Å². The molecule has 0 aliphatic carbocycles. The zero-order valence-electron chi connectivity index (χ0n) is 14.0. The lowest BCUT2D eigenvalue weighted by Gasteiger charge is -2.02. The van der Waals surface area contributed by atoms with E-state index in [0.717, 1.165) is 18.5 Å². The third kappa shape index (κ3) is 4.89. The van der Waals surface area contributed by atoms with E-state index >= 15 is 0 Å². The Hall–Kier alpha value is -3.72. The molecule has 1 amide bonds. The smallest absolute Gasteiger partial charge is 0.249 e. The van der Waals surface area contributed by atoms with Gasteiger partial charge in [-0.05, 0) is 47.9 Å². The van der Waals surface area contributed by atoms with Crippen LogP contribution in [-0.4, -0.2) is 20.7 Å². The van der Waals surface area contributed by atoms with Gasteiger partial charge < -0.3 is 5.32 Å². The summed E-state index contributed by atoms with van der Waals surface area (Å²) >= 11 is 0. The van der Waals surface area contributed by atoms with Gasteiger partial charge in [-0.2, -0.15) is 10.4 Å². The number of amides is 1. The minimum absolute atomic E-state index is 0.256. The van der Waals surface area contributed by atoms with Crippen molar-refractivity contribution in [1.82, 2.24) is 14.8 Å². The SMILES string of the molecule is N#Cc1ccc(/C=C/C(=O)Nc2ccn(CCc3ccncc3)n2)cc1. The van der Waals surface area contributed by atoms with Gasteiger partial charge in [0.15, 0.2) is 5.82 Å². The molecule has 128 valence electrons. The van der Waals surface area contributed by atoms with Gasteiger partial charge in [0.05, 0.1) is 11.6 Å². The topological polar surface area (TPSA) is 83.6 Å². The molecule has 6 nitrogen and oxygen atoms in total. The normalized spacial score (nSPS) is 10.6. The van der Waals surface area contributed by atoms with Crippen LogP contribution in [0.2, 0.25) is 0 Å². The van der Waals surface area contributed by atoms with Crippen LogP contribution in [0.25, 0.3) is 6.08 Å². The lowest BCUT2D eigenvalue weighted by molar-refractivity contribution is -0.111. The maximum absolute atomic E-state index is 12.0. The Morgan fingerprint density at radius 3 is 2.65 bits per heavy atom. The fourth-order valence-electron chi connectivity index (χ4n) is 2.35. The lowest BCUT2D eigenvalue weighted by atomic mass is 10.1. The second-order valence-electron chi connectivity index (χ2n) is 5.63. The summed E-state index contributed by atoms with van der Waals surface area (Å²) in [6.45, 7) is 0.723. The van der Waals surface area contributed by atoms with Crippen LogP contribution in [-0.2, 0) is 17.8 Å². The summed E-state index contributed by atoms with van der Waals surface area (Å²) in [5.74, 6) is 0.253. The Morgan fingerprint density at radius 1 is 1.15 bits per heavy atom. The van der Waals surface area contributed by atoms with Gasteiger partial charge >= 0.3 is 0 Å². The van der Waals surface area contributed by atoms with Crippen LogP contribution in [0.15, 0.2) is 67.1 Å². The Kier molecular flexibility index (Phi) is 5.53. The molecule has 0 atom stereocenters. The predicted molar refractivity (Wildman–Crippen MR) is 99.0 cm³/mol. The zero-order chi connectivity index (χ0) is 18.2. The predicted octanol–water partition coefficient (Wildman–Crippen LogP) is 3.04. The van der Waals surface area contributed by atoms with E-state index in [4.69, 9.17) is 5.26 Å². The van der Waals surface area contributed by atoms with Crippen LogP contribution in [0.4, 0.5) is 5.82 Å². The van der Waals surface area contributed by atoms with E-state index in [0.29, 0.717) is 11.4 Å². The van der Waals surface area contributed by atoms with E-state index in [9.17, 15) is 4.79 Å². The number of pyridine rings is 1. The third-order valence-corrected chi connectivity index (χ3v) is 3.74. The first kappa shape index (κ1) is 17.1. The summed E-state index contributed by atoms with van der Waals surface area (Å²) < 4.78 is 1.79. The highest BCUT2D eigenvalue weighted by atomic mass is 16.1. The Balaban J connectivity index is 1.52. The van der Waals surface area contributed by atoms with E-state index in [2.05, 4.69) is 21.5 Å². The molecule has 1 N–H and O–H groups in total. The van der Waals surface area contributed by atoms with Crippen molar-refractivity contribution in [2.75, 3.05) is 5.32 Å². The average molecular weight is 343 g/mol. The molecule has 0 radical (unpaired) electrons. The van der Waals surface area contributed by atoms with Gasteiger partial charge in [0.2, 0.25) is 5.91 Å². The van der Waals surface area contributed by atoms with E-state index < -0.39 is 0 Å². The number of nitriles is 1. The van der Waals surface area contributed by atoms with Gasteiger partial charge in [0.1, 0.15) is 0 Å². The molecule has 1 aromatic carbocycles. The first-order valence-electron chi connectivity index (χ1n) is 8.14. The fraction of sp³-hybridized carbons (Fsp3) is 0.100. The zero-order valence-corrected chi connectivity index (χ0v) is 14.0. The summed E-state index contributed by atoms with van der Waals surface area (Å²) in [5.41, 5.74) is 2.62. The molecule has 2 aromatic heterocycles. The maximum atomic E-state index is 12.0. The number of rotatable bonds is 6. The molecule has 3 aromatic rings. The molecule has 0 aliphatic rings. The molecule has 3 rings (SSSR count). The van der Waals surface area contributed by atoms with E-state index in [1.54, 1.807) is 53.5 Å². The van der Waals surface area contributed by atoms with E-state index in [1.807, 2.05) is 18.3 Å². The molecule has 6 heteroatoms. The highest BCUT2D eigenvalue weighted by molar-refractivity contribution is 6.01. The Bertz CT molecular complexity index is 936. The number of hydrogen-bond donors (Lipinski definition) is 1. The maximum Gasteiger partial charge on any atom is 0.249 e. The van der Waals surface area contributed by atoms with Crippen molar-refractivity contribution >= 4 is 17.8 Å². The van der Waals surface area contributed by atoms with Crippen LogP contribution in [0.1, 0.15) is 16.7 Å². The molecule has 0 aliphatic heterocycles. The molecule has 0 fully saturated rings. The lowest BCUT2D eigenvalue weighted by Crippen LogP contribution is -2.09. The van der Waals surface area contributed by atoms with Gasteiger partial charge in [-0.1, -0.05) is 12.1 Å². The molecular formula is C20H17N5O. The molecule has 0 unspecified atom stereocenters. The minimum atomic E-state index is -0.256. The standard InChI is InChI=1S/C20H17N5O/c21-15-18-3-1-16(2-4-18)5-6-20(26)23-19-10-14-25(24-19)13-9-17-7-11-22-12-8-17/h1-8,10-12,14H,9,13H2,(H,23,24,26)/b6-5+. The first-order valence-corrected chi connectivity index (χ1v) is 8.14. The Labute approximate surface area is 151 Å². The highest BCUT2D eigenvalue weighted by Gasteiger charge is 2.02. The van der Waals surface area contributed by atoms with Gasteiger partial charge in [0.25, 0.3) is 0 Å². The number of anilines is 1. The van der Waals surface area contributed by atoms with Crippen molar-refractivity contribution < 1.29 is 4.79 Å². The van der Waals surface area contributed by atoms with Crippen LogP contribution < -0.4 is 5.32 Å². The van der Waals surface area contributed by atoms with Gasteiger partial charge in [0, 0.05) is 37.3 Å². The quantitative estimate of drug-likeness (QED) is 0.697. The molecule has 2 heterocycles. The molecule has 0 spiro atoms. The summed E-state index contributed by atoms with van der Waals surface area (Å²) in [6.07, 6.45) is 9.35. The molecular weight excluding hydrogens is 326 g/mol. The van der Waals surface area contributed by atoms with Crippen molar-refractivity contribution in [3.05, 3.63) is 83.8 Å². The van der Waals surface area contributed by atoms with Crippen LogP contribution in [0, 0.1) is 11.3 Å². The number of hydrogen-bond acceptors (Lipinski definition) is 4. The van der Waals surface area contributed by atoms with E-state index in [-0.39, 0.29) is 5.91 Å². The molecule has 26 heavy (non-hydrogen) atoms. The second kappa shape index (κ2) is 8.40. The van der Waals surface area contributed by atoms with Gasteiger partial charge in [-0.15, -0.1) is 0 Å². The molecule has 0 bridgehead atoms. The first-order chi connectivity index (χ1) is 12.7. The van der Waals surface area contributed by atoms with Crippen molar-refractivity contribution in [1.29, 1.82) is 5.26 Å². The second-order valence-corrected chi connectivity index (χ2v) is 5.63. The third-order valence-electron chi connectivity index (χ3n) is 3.74. The largest absolute Gasteiger partial charge is 0.306 e. The average Bonchev–Trinajstić information content (AvgIpc) is 3.13. The minimum Gasteiger partial charge on any atom is -0.306 e. The van der Waals surface area contributed by atoms with Gasteiger partial charge in [-0.25, -0.2) is 0 Å². The molecule has 0 saturated carbocycles. The summed E-state index contributed by atoms with van der Waals surface area (Å²) in [7, 11) is 0. The summed E-state index contributed by atoms with van der Waals surface area (Å²) in [6, 6.07) is 14.8. The van der Waals surface area contributed by atoms with Gasteiger partial charge in [-0.3, -0.25) is 14.5 Å². The number of nitrogens with one attached hydrogen (secondary N) is 1. The number of aryl methyl sites for hydroxylation is 2. The van der Waals surface area contributed by atoms with Crippen LogP contribution in [0.5, 0.6) is 0 Å². The van der Waals surface area contributed by atoms with Crippen molar-refractivity contribution in [2.45, 2.75) is 13.0 Å². The van der Waals surface area contributed by atoms with Crippen LogP contribution >= 0.6 is 0 Å². The van der Waals surface area contributed by atoms with Crippen molar-refractivity contribution in [2.24, 2.45) is 0 Å². The monoisotopic (exact) mass is 343 g/mol. The molecule has 0 saturated heterocycles.